The first-order valence-electron chi connectivity index (χ1n) is 6.76. The van der Waals surface area contributed by atoms with E-state index in [1.165, 1.54) is 6.08 Å². The molecule has 104 valence electrons. The zero-order valence-corrected chi connectivity index (χ0v) is 11.6. The number of amides is 1. The topological polar surface area (TPSA) is 57.8 Å². The number of hydrogen-bond donors (Lipinski definition) is 2. The normalized spacial score (nSPS) is 11.1. The maximum absolute atomic E-state index is 11.7. The number of H-pyrrole nitrogens is 1. The van der Waals surface area contributed by atoms with E-state index in [0.717, 1.165) is 28.1 Å². The van der Waals surface area contributed by atoms with Gasteiger partial charge in [0.2, 0.25) is 5.91 Å². The van der Waals surface area contributed by atoms with E-state index in [4.69, 9.17) is 0 Å². The highest BCUT2D eigenvalue weighted by Gasteiger charge is 2.10. The lowest BCUT2D eigenvalue weighted by molar-refractivity contribution is -0.111. The Labute approximate surface area is 122 Å². The van der Waals surface area contributed by atoms with E-state index in [0.29, 0.717) is 0 Å². The Morgan fingerprint density at radius 3 is 2.71 bits per heavy atom. The standard InChI is InChI=1S/C17H15N3O/c1-2-7-16(21)18-13-9-4-3-8-12(13)17-19-14-10-5-6-11-15(14)20-17/h2-11H,1H3,(H,18,21)(H,19,20)/b7-2+. The Kier molecular flexibility index (Phi) is 3.51. The second-order valence-electron chi connectivity index (χ2n) is 4.64. The summed E-state index contributed by atoms with van der Waals surface area (Å²) in [6.45, 7) is 1.81. The van der Waals surface area contributed by atoms with Gasteiger partial charge < -0.3 is 10.3 Å². The Bertz CT molecular complexity index is 785. The van der Waals surface area contributed by atoms with E-state index >= 15 is 0 Å². The number of benzene rings is 2. The molecule has 2 N–H and O–H groups in total. The van der Waals surface area contributed by atoms with Gasteiger partial charge in [-0.05, 0) is 37.3 Å². The molecular formula is C17H15N3O. The number of rotatable bonds is 3. The van der Waals surface area contributed by atoms with Crippen molar-refractivity contribution in [2.75, 3.05) is 5.32 Å². The number of nitrogens with zero attached hydrogens (tertiary/aromatic N) is 1. The minimum absolute atomic E-state index is 0.152. The molecule has 4 nitrogen and oxygen atoms in total. The van der Waals surface area contributed by atoms with Crippen molar-refractivity contribution < 1.29 is 4.79 Å². The molecule has 3 rings (SSSR count). The number of aromatic amines is 1. The summed E-state index contributed by atoms with van der Waals surface area (Å²) in [5.74, 6) is 0.591. The van der Waals surface area contributed by atoms with Crippen LogP contribution in [0.1, 0.15) is 6.92 Å². The number of para-hydroxylation sites is 3. The molecule has 1 aromatic heterocycles. The van der Waals surface area contributed by atoms with Crippen LogP contribution in [0.4, 0.5) is 5.69 Å². The van der Waals surface area contributed by atoms with Gasteiger partial charge >= 0.3 is 0 Å². The first kappa shape index (κ1) is 13.1. The number of allylic oxidation sites excluding steroid dienone is 1. The van der Waals surface area contributed by atoms with Gasteiger partial charge in [-0.2, -0.15) is 0 Å². The molecule has 0 aliphatic carbocycles. The van der Waals surface area contributed by atoms with E-state index in [-0.39, 0.29) is 5.91 Å². The highest BCUT2D eigenvalue weighted by Crippen LogP contribution is 2.27. The van der Waals surface area contributed by atoms with Gasteiger partial charge in [-0.1, -0.05) is 30.3 Å². The molecule has 0 saturated heterocycles. The summed E-state index contributed by atoms with van der Waals surface area (Å²) in [4.78, 5) is 19.6. The van der Waals surface area contributed by atoms with E-state index in [1.54, 1.807) is 6.08 Å². The molecule has 21 heavy (non-hydrogen) atoms. The third-order valence-electron chi connectivity index (χ3n) is 3.15. The number of hydrogen-bond acceptors (Lipinski definition) is 2. The number of anilines is 1. The molecule has 0 atom stereocenters. The van der Waals surface area contributed by atoms with Gasteiger partial charge in [0.15, 0.2) is 0 Å². The molecule has 0 spiro atoms. The lowest BCUT2D eigenvalue weighted by atomic mass is 10.1. The molecule has 0 bridgehead atoms. The Morgan fingerprint density at radius 1 is 1.14 bits per heavy atom. The largest absolute Gasteiger partial charge is 0.338 e. The van der Waals surface area contributed by atoms with Crippen molar-refractivity contribution in [3.8, 4) is 11.4 Å². The zero-order chi connectivity index (χ0) is 14.7. The van der Waals surface area contributed by atoms with Crippen molar-refractivity contribution in [1.82, 2.24) is 9.97 Å². The summed E-state index contributed by atoms with van der Waals surface area (Å²) >= 11 is 0. The lowest BCUT2D eigenvalue weighted by Crippen LogP contribution is -2.08. The minimum Gasteiger partial charge on any atom is -0.338 e. The third kappa shape index (κ3) is 2.69. The summed E-state index contributed by atoms with van der Waals surface area (Å²) in [5.41, 5.74) is 3.48. The highest BCUT2D eigenvalue weighted by atomic mass is 16.1. The zero-order valence-electron chi connectivity index (χ0n) is 11.6. The molecule has 0 fully saturated rings. The monoisotopic (exact) mass is 277 g/mol. The first-order chi connectivity index (χ1) is 10.3. The predicted molar refractivity (Wildman–Crippen MR) is 85.0 cm³/mol. The van der Waals surface area contributed by atoms with Crippen molar-refractivity contribution in [2.24, 2.45) is 0 Å². The molecule has 0 saturated carbocycles. The van der Waals surface area contributed by atoms with Crippen LogP contribution in [0.3, 0.4) is 0 Å². The molecular weight excluding hydrogens is 262 g/mol. The lowest BCUT2D eigenvalue weighted by Gasteiger charge is -2.07. The summed E-state index contributed by atoms with van der Waals surface area (Å²) in [6.07, 6.45) is 3.20. The quantitative estimate of drug-likeness (QED) is 0.716. The van der Waals surface area contributed by atoms with Crippen LogP contribution in [-0.2, 0) is 4.79 Å². The van der Waals surface area contributed by atoms with E-state index in [2.05, 4.69) is 15.3 Å². The molecule has 1 heterocycles. The van der Waals surface area contributed by atoms with E-state index in [9.17, 15) is 4.79 Å². The summed E-state index contributed by atoms with van der Waals surface area (Å²) < 4.78 is 0. The van der Waals surface area contributed by atoms with Crippen LogP contribution in [0.25, 0.3) is 22.4 Å². The Balaban J connectivity index is 2.03. The number of nitrogens with one attached hydrogen (secondary N) is 2. The smallest absolute Gasteiger partial charge is 0.248 e. The molecule has 0 unspecified atom stereocenters. The SMILES string of the molecule is C/C=C/C(=O)Nc1ccccc1-c1nc2ccccc2[nH]1. The van der Waals surface area contributed by atoms with Gasteiger partial charge in [0.05, 0.1) is 16.7 Å². The first-order valence-corrected chi connectivity index (χ1v) is 6.76. The fourth-order valence-corrected chi connectivity index (χ4v) is 2.20. The van der Waals surface area contributed by atoms with Crippen LogP contribution in [-0.4, -0.2) is 15.9 Å². The van der Waals surface area contributed by atoms with Gasteiger partial charge in [0, 0.05) is 5.56 Å². The van der Waals surface area contributed by atoms with Crippen LogP contribution in [0.5, 0.6) is 0 Å². The number of carbonyl (C=O) groups is 1. The van der Waals surface area contributed by atoms with Crippen molar-refractivity contribution in [3.63, 3.8) is 0 Å². The predicted octanol–water partition coefficient (Wildman–Crippen LogP) is 3.74. The molecule has 0 aliphatic heterocycles. The summed E-state index contributed by atoms with van der Waals surface area (Å²) in [5, 5.41) is 2.87. The summed E-state index contributed by atoms with van der Waals surface area (Å²) in [6, 6.07) is 15.5. The fourth-order valence-electron chi connectivity index (χ4n) is 2.20. The number of carbonyl (C=O) groups excluding carboxylic acids is 1. The molecule has 0 aliphatic rings. The molecule has 4 heteroatoms. The van der Waals surface area contributed by atoms with E-state index in [1.807, 2.05) is 55.5 Å². The number of imidazole rings is 1. The van der Waals surface area contributed by atoms with Gasteiger partial charge in [-0.15, -0.1) is 0 Å². The number of fused-ring (bicyclic) bond motifs is 1. The van der Waals surface area contributed by atoms with Gasteiger partial charge in [-0.3, -0.25) is 4.79 Å². The van der Waals surface area contributed by atoms with Crippen LogP contribution in [0.2, 0.25) is 0 Å². The average molecular weight is 277 g/mol. The van der Waals surface area contributed by atoms with Crippen molar-refractivity contribution in [1.29, 1.82) is 0 Å². The van der Waals surface area contributed by atoms with Crippen LogP contribution >= 0.6 is 0 Å². The van der Waals surface area contributed by atoms with Crippen LogP contribution in [0.15, 0.2) is 60.7 Å². The Hall–Kier alpha value is -2.88. The van der Waals surface area contributed by atoms with Crippen molar-refractivity contribution >= 4 is 22.6 Å². The molecule has 1 amide bonds. The fraction of sp³-hybridized carbons (Fsp3) is 0.0588. The molecule has 2 aromatic carbocycles. The van der Waals surface area contributed by atoms with Crippen molar-refractivity contribution in [3.05, 3.63) is 60.7 Å². The second-order valence-corrected chi connectivity index (χ2v) is 4.64. The molecule has 3 aromatic rings. The third-order valence-corrected chi connectivity index (χ3v) is 3.15. The highest BCUT2D eigenvalue weighted by molar-refractivity contribution is 6.01. The summed E-state index contributed by atoms with van der Waals surface area (Å²) in [7, 11) is 0. The second kappa shape index (κ2) is 5.63. The molecule has 0 radical (unpaired) electrons. The van der Waals surface area contributed by atoms with E-state index < -0.39 is 0 Å². The van der Waals surface area contributed by atoms with Gasteiger partial charge in [-0.25, -0.2) is 4.98 Å². The Morgan fingerprint density at radius 2 is 1.90 bits per heavy atom. The average Bonchev–Trinajstić information content (AvgIpc) is 2.91. The minimum atomic E-state index is -0.152. The maximum Gasteiger partial charge on any atom is 0.248 e. The number of aromatic nitrogens is 2. The van der Waals surface area contributed by atoms with Gasteiger partial charge in [0.25, 0.3) is 0 Å². The van der Waals surface area contributed by atoms with Crippen molar-refractivity contribution in [2.45, 2.75) is 6.92 Å². The van der Waals surface area contributed by atoms with Crippen LogP contribution in [0, 0.1) is 0 Å². The maximum atomic E-state index is 11.7. The van der Waals surface area contributed by atoms with Gasteiger partial charge in [0.1, 0.15) is 5.82 Å². The van der Waals surface area contributed by atoms with Crippen LogP contribution < -0.4 is 5.32 Å².